The highest BCUT2D eigenvalue weighted by atomic mass is 35.5. The zero-order valence-corrected chi connectivity index (χ0v) is 22.3. The molecule has 0 saturated heterocycles. The minimum absolute atomic E-state index is 0.175. The molecule has 1 aromatic heterocycles. The Bertz CT molecular complexity index is 1330. The van der Waals surface area contributed by atoms with Gasteiger partial charge in [-0.1, -0.05) is 37.6 Å². The van der Waals surface area contributed by atoms with Crippen LogP contribution in [0.3, 0.4) is 0 Å². The average molecular weight is 540 g/mol. The number of thiazole rings is 1. The maximum atomic E-state index is 11.8. The molecule has 0 amide bonds. The fraction of sp³-hybridized carbons (Fsp3) is 0.333. The number of aromatic nitrogens is 1. The number of sulfone groups is 1. The van der Waals surface area contributed by atoms with E-state index in [4.69, 9.17) is 32.7 Å². The van der Waals surface area contributed by atoms with Gasteiger partial charge in [0.15, 0.2) is 15.6 Å². The van der Waals surface area contributed by atoms with E-state index < -0.39 is 15.3 Å². The summed E-state index contributed by atoms with van der Waals surface area (Å²) in [5.41, 5.74) is 2.26. The second-order valence-corrected chi connectivity index (χ2v) is 12.3. The third-order valence-electron chi connectivity index (χ3n) is 5.28. The quantitative estimate of drug-likeness (QED) is 0.315. The van der Waals surface area contributed by atoms with Crippen LogP contribution in [-0.2, 0) is 21.9 Å². The molecule has 0 aliphatic carbocycles. The van der Waals surface area contributed by atoms with Gasteiger partial charge in [0.2, 0.25) is 0 Å². The number of aryl methyl sites for hydroxylation is 1. The van der Waals surface area contributed by atoms with Crippen molar-refractivity contribution in [1.29, 1.82) is 5.26 Å². The van der Waals surface area contributed by atoms with Crippen molar-refractivity contribution in [2.24, 2.45) is 0 Å². The highest BCUT2D eigenvalue weighted by Gasteiger charge is 2.26. The summed E-state index contributed by atoms with van der Waals surface area (Å²) >= 11 is 13.2. The number of nitrogens with zero attached hydrogens (tertiary/aromatic N) is 2. The summed E-state index contributed by atoms with van der Waals surface area (Å²) in [4.78, 5) is 4.30. The van der Waals surface area contributed by atoms with Crippen molar-refractivity contribution >= 4 is 44.4 Å². The Kier molecular flexibility index (Phi) is 8.14. The SMILES string of the molecule is Cc1nc(COc2ccc(C(C)(C)c3cc(Cl)c(OCCCl)c(C#N)c3)cc2)sc1S(C)(=O)=O. The first-order chi connectivity index (χ1) is 16.0. The predicted molar refractivity (Wildman–Crippen MR) is 135 cm³/mol. The number of hydrogen-bond donors (Lipinski definition) is 0. The van der Waals surface area contributed by atoms with E-state index in [9.17, 15) is 13.7 Å². The van der Waals surface area contributed by atoms with Crippen molar-refractivity contribution in [2.75, 3.05) is 18.7 Å². The summed E-state index contributed by atoms with van der Waals surface area (Å²) < 4.78 is 35.2. The molecule has 0 N–H and O–H groups in total. The Morgan fingerprint density at radius 2 is 1.82 bits per heavy atom. The molecule has 10 heteroatoms. The molecule has 1 heterocycles. The van der Waals surface area contributed by atoms with E-state index in [2.05, 4.69) is 11.1 Å². The van der Waals surface area contributed by atoms with Crippen molar-refractivity contribution in [3.05, 3.63) is 68.8 Å². The van der Waals surface area contributed by atoms with Gasteiger partial charge in [-0.3, -0.25) is 0 Å². The van der Waals surface area contributed by atoms with Gasteiger partial charge in [0.1, 0.15) is 34.2 Å². The van der Waals surface area contributed by atoms with Gasteiger partial charge in [-0.05, 0) is 42.3 Å². The largest absolute Gasteiger partial charge is 0.489 e. The smallest absolute Gasteiger partial charge is 0.186 e. The fourth-order valence-corrected chi connectivity index (χ4v) is 5.98. The minimum Gasteiger partial charge on any atom is -0.489 e. The normalized spacial score (nSPS) is 11.8. The monoisotopic (exact) mass is 538 g/mol. The number of hydrogen-bond acceptors (Lipinski definition) is 7. The molecule has 3 rings (SSSR count). The summed E-state index contributed by atoms with van der Waals surface area (Å²) in [7, 11) is -3.30. The molecule has 0 fully saturated rings. The zero-order chi connectivity index (χ0) is 25.1. The molecule has 0 aliphatic rings. The topological polar surface area (TPSA) is 89.3 Å². The molecular formula is C24H24Cl2N2O4S2. The summed E-state index contributed by atoms with van der Waals surface area (Å²) in [6, 6.07) is 13.3. The van der Waals surface area contributed by atoms with Crippen LogP contribution >= 0.6 is 34.5 Å². The summed E-state index contributed by atoms with van der Waals surface area (Å²) in [6.07, 6.45) is 1.17. The van der Waals surface area contributed by atoms with Gasteiger partial charge in [-0.2, -0.15) is 5.26 Å². The summed E-state index contributed by atoms with van der Waals surface area (Å²) in [5.74, 6) is 1.27. The molecule has 0 aliphatic heterocycles. The number of halogens is 2. The summed E-state index contributed by atoms with van der Waals surface area (Å²) in [5, 5.41) is 10.5. The van der Waals surface area contributed by atoms with Gasteiger partial charge >= 0.3 is 0 Å². The second kappa shape index (κ2) is 10.5. The predicted octanol–water partition coefficient (Wildman–Crippen LogP) is 5.90. The van der Waals surface area contributed by atoms with Gasteiger partial charge in [0.05, 0.1) is 22.2 Å². The lowest BCUT2D eigenvalue weighted by atomic mass is 9.77. The van der Waals surface area contributed by atoms with Crippen LogP contribution in [0.15, 0.2) is 40.6 Å². The number of benzene rings is 2. The lowest BCUT2D eigenvalue weighted by Gasteiger charge is -2.27. The first-order valence-corrected chi connectivity index (χ1v) is 13.9. The number of ether oxygens (including phenoxy) is 2. The van der Waals surface area contributed by atoms with Crippen LogP contribution in [-0.4, -0.2) is 32.1 Å². The highest BCUT2D eigenvalue weighted by Crippen LogP contribution is 2.38. The Balaban J connectivity index is 1.79. The van der Waals surface area contributed by atoms with Gasteiger partial charge in [-0.25, -0.2) is 13.4 Å². The number of alkyl halides is 1. The van der Waals surface area contributed by atoms with Gasteiger partial charge in [0.25, 0.3) is 0 Å². The maximum Gasteiger partial charge on any atom is 0.186 e. The Labute approximate surface area is 214 Å². The molecule has 0 spiro atoms. The highest BCUT2D eigenvalue weighted by molar-refractivity contribution is 7.92. The van der Waals surface area contributed by atoms with Crippen LogP contribution in [0.25, 0.3) is 0 Å². The van der Waals surface area contributed by atoms with E-state index >= 15 is 0 Å². The molecule has 0 radical (unpaired) electrons. The van der Waals surface area contributed by atoms with Crippen LogP contribution < -0.4 is 9.47 Å². The molecule has 0 bridgehead atoms. The van der Waals surface area contributed by atoms with E-state index in [-0.39, 0.29) is 17.4 Å². The first kappa shape index (κ1) is 26.3. The standard InChI is InChI=1S/C24H24Cl2N2O4S2/c1-15-23(34(4,29)30)33-21(28-15)14-32-19-7-5-17(6-8-19)24(2,3)18-11-16(13-27)22(20(26)12-18)31-10-9-25/h5-8,11-12H,9-10,14H2,1-4H3. The minimum atomic E-state index is -3.30. The van der Waals surface area contributed by atoms with Gasteiger partial charge in [-0.15, -0.1) is 22.9 Å². The van der Waals surface area contributed by atoms with Crippen molar-refractivity contribution in [3.8, 4) is 17.6 Å². The third-order valence-corrected chi connectivity index (χ3v) is 8.77. The van der Waals surface area contributed by atoms with Crippen molar-refractivity contribution in [3.63, 3.8) is 0 Å². The van der Waals surface area contributed by atoms with E-state index in [1.54, 1.807) is 19.1 Å². The molecule has 0 atom stereocenters. The van der Waals surface area contributed by atoms with E-state index in [1.807, 2.05) is 38.1 Å². The molecule has 34 heavy (non-hydrogen) atoms. The van der Waals surface area contributed by atoms with Crippen LogP contribution in [0, 0.1) is 18.3 Å². The molecule has 6 nitrogen and oxygen atoms in total. The van der Waals surface area contributed by atoms with Crippen LogP contribution in [0.5, 0.6) is 11.5 Å². The van der Waals surface area contributed by atoms with Crippen molar-refractivity contribution in [2.45, 2.75) is 37.0 Å². The van der Waals surface area contributed by atoms with Gasteiger partial charge in [0, 0.05) is 11.7 Å². The number of rotatable bonds is 9. The first-order valence-electron chi connectivity index (χ1n) is 10.3. The van der Waals surface area contributed by atoms with E-state index in [0.29, 0.717) is 38.7 Å². The molecule has 2 aromatic carbocycles. The molecule has 3 aromatic rings. The third kappa shape index (κ3) is 5.84. The zero-order valence-electron chi connectivity index (χ0n) is 19.2. The van der Waals surface area contributed by atoms with Crippen molar-refractivity contribution in [1.82, 2.24) is 4.98 Å². The Hall–Kier alpha value is -2.31. The molecule has 180 valence electrons. The van der Waals surface area contributed by atoms with Crippen LogP contribution in [0.1, 0.15) is 41.2 Å². The fourth-order valence-electron chi connectivity index (χ4n) is 3.45. The Morgan fingerprint density at radius 1 is 1.15 bits per heavy atom. The van der Waals surface area contributed by atoms with E-state index in [0.717, 1.165) is 22.5 Å². The Morgan fingerprint density at radius 3 is 2.38 bits per heavy atom. The lowest BCUT2D eigenvalue weighted by Crippen LogP contribution is -2.19. The van der Waals surface area contributed by atoms with Crippen molar-refractivity contribution < 1.29 is 17.9 Å². The van der Waals surface area contributed by atoms with Crippen LogP contribution in [0.4, 0.5) is 0 Å². The number of nitriles is 1. The average Bonchev–Trinajstić information content (AvgIpc) is 3.17. The maximum absolute atomic E-state index is 11.8. The molecular weight excluding hydrogens is 515 g/mol. The molecule has 0 saturated carbocycles. The van der Waals surface area contributed by atoms with E-state index in [1.165, 1.54) is 6.26 Å². The molecule has 0 unspecified atom stereocenters. The van der Waals surface area contributed by atoms with Crippen LogP contribution in [0.2, 0.25) is 5.02 Å². The lowest BCUT2D eigenvalue weighted by molar-refractivity contribution is 0.305. The summed E-state index contributed by atoms with van der Waals surface area (Å²) in [6.45, 7) is 6.19. The second-order valence-electron chi connectivity index (χ2n) is 8.17. The van der Waals surface area contributed by atoms with Gasteiger partial charge < -0.3 is 9.47 Å².